The first kappa shape index (κ1) is 13.8. The van der Waals surface area contributed by atoms with Crippen molar-refractivity contribution in [2.45, 2.75) is 38.6 Å². The molecule has 1 N–H and O–H groups in total. The van der Waals surface area contributed by atoms with Crippen molar-refractivity contribution in [3.05, 3.63) is 29.0 Å². The summed E-state index contributed by atoms with van der Waals surface area (Å²) in [7, 11) is 0. The lowest BCUT2D eigenvalue weighted by atomic mass is 10.1. The molecule has 0 aliphatic heterocycles. The van der Waals surface area contributed by atoms with Gasteiger partial charge in [0.2, 0.25) is 0 Å². The SMILES string of the molecule is Cc1nc(-c2ncccn2)sc1C(=O)NC(C1CC1)C1CC1. The van der Waals surface area contributed by atoms with Crippen molar-refractivity contribution in [1.29, 1.82) is 0 Å². The fourth-order valence-corrected chi connectivity index (χ4v) is 3.78. The van der Waals surface area contributed by atoms with Crippen LogP contribution in [0.4, 0.5) is 0 Å². The third kappa shape index (κ3) is 2.75. The molecule has 2 aromatic rings. The quantitative estimate of drug-likeness (QED) is 0.921. The molecule has 0 radical (unpaired) electrons. The lowest BCUT2D eigenvalue weighted by Crippen LogP contribution is -2.38. The predicted octanol–water partition coefficient (Wildman–Crippen LogP) is 2.83. The molecule has 0 unspecified atom stereocenters. The highest BCUT2D eigenvalue weighted by Crippen LogP contribution is 2.44. The molecular weight excluding hydrogens is 296 g/mol. The van der Waals surface area contributed by atoms with Crippen molar-refractivity contribution >= 4 is 17.2 Å². The Labute approximate surface area is 133 Å². The highest BCUT2D eigenvalue weighted by Gasteiger charge is 2.42. The molecule has 2 aromatic heterocycles. The zero-order chi connectivity index (χ0) is 15.1. The van der Waals surface area contributed by atoms with Gasteiger partial charge in [0.25, 0.3) is 5.91 Å². The number of nitrogens with zero attached hydrogens (tertiary/aromatic N) is 3. The van der Waals surface area contributed by atoms with E-state index in [9.17, 15) is 4.79 Å². The topological polar surface area (TPSA) is 67.8 Å². The number of aromatic nitrogens is 3. The Hall–Kier alpha value is -1.82. The number of carbonyl (C=O) groups is 1. The van der Waals surface area contributed by atoms with Gasteiger partial charge in [-0.1, -0.05) is 0 Å². The predicted molar refractivity (Wildman–Crippen MR) is 84.6 cm³/mol. The molecule has 2 fully saturated rings. The van der Waals surface area contributed by atoms with Crippen LogP contribution in [0.5, 0.6) is 0 Å². The summed E-state index contributed by atoms with van der Waals surface area (Å²) in [5.74, 6) is 1.99. The van der Waals surface area contributed by atoms with Crippen LogP contribution in [0.3, 0.4) is 0 Å². The summed E-state index contributed by atoms with van der Waals surface area (Å²) in [6, 6.07) is 2.14. The average Bonchev–Trinajstić information content (AvgIpc) is 3.44. The first-order chi connectivity index (χ1) is 10.7. The Kier molecular flexibility index (Phi) is 3.41. The van der Waals surface area contributed by atoms with Crippen molar-refractivity contribution in [2.75, 3.05) is 0 Å². The van der Waals surface area contributed by atoms with Crippen LogP contribution in [0.15, 0.2) is 18.5 Å². The van der Waals surface area contributed by atoms with E-state index in [2.05, 4.69) is 20.3 Å². The van der Waals surface area contributed by atoms with Crippen molar-refractivity contribution < 1.29 is 4.79 Å². The van der Waals surface area contributed by atoms with Gasteiger partial charge in [-0.3, -0.25) is 4.79 Å². The second-order valence-corrected chi connectivity index (χ2v) is 7.18. The lowest BCUT2D eigenvalue weighted by Gasteiger charge is -2.17. The molecular formula is C16H18N4OS. The number of hydrogen-bond donors (Lipinski definition) is 1. The molecule has 5 nitrogen and oxygen atoms in total. The number of amides is 1. The molecule has 1 amide bonds. The molecule has 4 rings (SSSR count). The number of aryl methyl sites for hydroxylation is 1. The van der Waals surface area contributed by atoms with E-state index in [0.29, 0.717) is 33.6 Å². The van der Waals surface area contributed by atoms with Gasteiger partial charge < -0.3 is 5.32 Å². The van der Waals surface area contributed by atoms with E-state index in [1.165, 1.54) is 37.0 Å². The number of carbonyl (C=O) groups excluding carboxylic acids is 1. The summed E-state index contributed by atoms with van der Waals surface area (Å²) in [6.07, 6.45) is 8.40. The first-order valence-corrected chi connectivity index (χ1v) is 8.59. The number of nitrogens with one attached hydrogen (secondary N) is 1. The monoisotopic (exact) mass is 314 g/mol. The normalized spacial score (nSPS) is 17.7. The summed E-state index contributed by atoms with van der Waals surface area (Å²) in [5.41, 5.74) is 0.760. The third-order valence-electron chi connectivity index (χ3n) is 4.32. The molecule has 0 spiro atoms. The molecule has 22 heavy (non-hydrogen) atoms. The van der Waals surface area contributed by atoms with Gasteiger partial charge in [-0.25, -0.2) is 15.0 Å². The average molecular weight is 314 g/mol. The van der Waals surface area contributed by atoms with E-state index in [1.54, 1.807) is 18.5 Å². The Bertz CT molecular complexity index is 679. The molecule has 2 aliphatic carbocycles. The fraction of sp³-hybridized carbons (Fsp3) is 0.500. The van der Waals surface area contributed by atoms with Crippen LogP contribution in [-0.2, 0) is 0 Å². The molecule has 0 aromatic carbocycles. The standard InChI is InChI=1S/C16H18N4OS/c1-9-13(22-16(19-9)14-17-7-2-8-18-14)15(21)20-12(10-3-4-10)11-5-6-11/h2,7-8,10-12H,3-6H2,1H3,(H,20,21). The minimum absolute atomic E-state index is 0.0148. The van der Waals surface area contributed by atoms with Crippen molar-refractivity contribution in [3.63, 3.8) is 0 Å². The molecule has 6 heteroatoms. The Morgan fingerprint density at radius 2 is 1.86 bits per heavy atom. The maximum Gasteiger partial charge on any atom is 0.263 e. The summed E-state index contributed by atoms with van der Waals surface area (Å²) in [6.45, 7) is 1.88. The third-order valence-corrected chi connectivity index (χ3v) is 5.47. The molecule has 2 aliphatic rings. The van der Waals surface area contributed by atoms with Crippen LogP contribution in [0.1, 0.15) is 41.0 Å². The zero-order valence-electron chi connectivity index (χ0n) is 12.5. The lowest BCUT2D eigenvalue weighted by molar-refractivity contribution is 0.0929. The Balaban J connectivity index is 1.54. The van der Waals surface area contributed by atoms with Gasteiger partial charge in [0.15, 0.2) is 10.8 Å². The van der Waals surface area contributed by atoms with Crippen molar-refractivity contribution in [1.82, 2.24) is 20.3 Å². The number of thiazole rings is 1. The van der Waals surface area contributed by atoms with Crippen LogP contribution >= 0.6 is 11.3 Å². The van der Waals surface area contributed by atoms with E-state index in [-0.39, 0.29) is 5.91 Å². The van der Waals surface area contributed by atoms with Gasteiger partial charge in [-0.2, -0.15) is 0 Å². The number of rotatable bonds is 5. The van der Waals surface area contributed by atoms with Gasteiger partial charge >= 0.3 is 0 Å². The van der Waals surface area contributed by atoms with Gasteiger partial charge in [0.05, 0.1) is 5.69 Å². The second-order valence-electron chi connectivity index (χ2n) is 6.18. The molecule has 0 bridgehead atoms. The number of hydrogen-bond acceptors (Lipinski definition) is 5. The van der Waals surface area contributed by atoms with Crippen LogP contribution in [0, 0.1) is 18.8 Å². The Morgan fingerprint density at radius 1 is 1.23 bits per heavy atom. The minimum atomic E-state index is 0.0148. The van der Waals surface area contributed by atoms with Crippen LogP contribution in [0.2, 0.25) is 0 Å². The van der Waals surface area contributed by atoms with Crippen molar-refractivity contribution in [3.8, 4) is 10.8 Å². The van der Waals surface area contributed by atoms with E-state index >= 15 is 0 Å². The Morgan fingerprint density at radius 3 is 2.45 bits per heavy atom. The van der Waals surface area contributed by atoms with E-state index in [4.69, 9.17) is 0 Å². The summed E-state index contributed by atoms with van der Waals surface area (Å²) in [4.78, 5) is 26.2. The van der Waals surface area contributed by atoms with E-state index in [0.717, 1.165) is 5.69 Å². The minimum Gasteiger partial charge on any atom is -0.348 e. The maximum absolute atomic E-state index is 12.6. The molecule has 0 atom stereocenters. The van der Waals surface area contributed by atoms with Crippen LogP contribution < -0.4 is 5.32 Å². The maximum atomic E-state index is 12.6. The summed E-state index contributed by atoms with van der Waals surface area (Å²) >= 11 is 1.38. The molecule has 2 heterocycles. The first-order valence-electron chi connectivity index (χ1n) is 7.78. The largest absolute Gasteiger partial charge is 0.348 e. The fourth-order valence-electron chi connectivity index (χ4n) is 2.86. The zero-order valence-corrected chi connectivity index (χ0v) is 13.3. The van der Waals surface area contributed by atoms with E-state index in [1.807, 2.05) is 6.92 Å². The van der Waals surface area contributed by atoms with Crippen molar-refractivity contribution in [2.24, 2.45) is 11.8 Å². The van der Waals surface area contributed by atoms with E-state index < -0.39 is 0 Å². The summed E-state index contributed by atoms with van der Waals surface area (Å²) in [5, 5.41) is 3.96. The summed E-state index contributed by atoms with van der Waals surface area (Å²) < 4.78 is 0. The molecule has 0 saturated heterocycles. The van der Waals surface area contributed by atoms with Crippen LogP contribution in [0.25, 0.3) is 10.8 Å². The smallest absolute Gasteiger partial charge is 0.263 e. The molecule has 114 valence electrons. The highest BCUT2D eigenvalue weighted by atomic mass is 32.1. The van der Waals surface area contributed by atoms with Gasteiger partial charge in [0.1, 0.15) is 4.88 Å². The van der Waals surface area contributed by atoms with Gasteiger partial charge in [0, 0.05) is 18.4 Å². The molecule has 2 saturated carbocycles. The van der Waals surface area contributed by atoms with Crippen LogP contribution in [-0.4, -0.2) is 26.9 Å². The highest BCUT2D eigenvalue weighted by molar-refractivity contribution is 7.17. The second kappa shape index (κ2) is 5.43. The van der Waals surface area contributed by atoms with Gasteiger partial charge in [-0.05, 0) is 50.5 Å². The van der Waals surface area contributed by atoms with Gasteiger partial charge in [-0.15, -0.1) is 11.3 Å².